The number of nitrogens with two attached hydrogens (primary N) is 1. The number of aromatic amines is 1. The fraction of sp³-hybridized carbons (Fsp3) is 0.300. The number of aromatic nitrogens is 2. The van der Waals surface area contributed by atoms with Gasteiger partial charge >= 0.3 is 0 Å². The Bertz CT molecular complexity index is 1030. The lowest BCUT2D eigenvalue weighted by molar-refractivity contribution is -0.103. The highest BCUT2D eigenvalue weighted by Crippen LogP contribution is 2.31. The predicted molar refractivity (Wildman–Crippen MR) is 109 cm³/mol. The second-order valence-electron chi connectivity index (χ2n) is 7.28. The summed E-state index contributed by atoms with van der Waals surface area (Å²) in [6.45, 7) is 1.64. The van der Waals surface area contributed by atoms with Crippen molar-refractivity contribution < 1.29 is 14.4 Å². The van der Waals surface area contributed by atoms with Gasteiger partial charge in [-0.05, 0) is 50.8 Å². The Kier molecular flexibility index (Phi) is 4.97. The number of amides is 2. The van der Waals surface area contributed by atoms with Crippen molar-refractivity contribution in [2.45, 2.75) is 18.9 Å². The summed E-state index contributed by atoms with van der Waals surface area (Å²) in [5, 5.41) is 0.133. The van der Waals surface area contributed by atoms with Crippen LogP contribution in [-0.4, -0.2) is 64.0 Å². The van der Waals surface area contributed by atoms with Crippen molar-refractivity contribution in [3.8, 4) is 0 Å². The van der Waals surface area contributed by atoms with Crippen molar-refractivity contribution in [3.63, 3.8) is 0 Å². The SMILES string of the molecule is CN1CCCC(N2C(=O)c3cc4nc(/C(C=O)=C(Cl)/C=C\N)[nH]c4cc3C2=O)C1. The summed E-state index contributed by atoms with van der Waals surface area (Å²) >= 11 is 6.08. The summed E-state index contributed by atoms with van der Waals surface area (Å²) in [7, 11) is 1.99. The third-order valence-electron chi connectivity index (χ3n) is 5.36. The van der Waals surface area contributed by atoms with E-state index in [9.17, 15) is 14.4 Å². The maximum atomic E-state index is 13.0. The number of likely N-dealkylation sites (tertiary alicyclic amines) is 1. The molecule has 3 heterocycles. The summed E-state index contributed by atoms with van der Waals surface area (Å²) in [6.07, 6.45) is 4.92. The summed E-state index contributed by atoms with van der Waals surface area (Å²) < 4.78 is 0. The van der Waals surface area contributed by atoms with Crippen molar-refractivity contribution in [2.24, 2.45) is 5.73 Å². The number of aldehydes is 1. The summed E-state index contributed by atoms with van der Waals surface area (Å²) in [4.78, 5) is 48.3. The van der Waals surface area contributed by atoms with Gasteiger partial charge in [-0.2, -0.15) is 0 Å². The lowest BCUT2D eigenvalue weighted by Gasteiger charge is -2.34. The zero-order chi connectivity index (χ0) is 20.7. The maximum Gasteiger partial charge on any atom is 0.261 e. The van der Waals surface area contributed by atoms with E-state index in [1.165, 1.54) is 17.2 Å². The number of nitrogens with zero attached hydrogens (tertiary/aromatic N) is 3. The monoisotopic (exact) mass is 413 g/mol. The molecule has 0 aliphatic carbocycles. The maximum absolute atomic E-state index is 13.0. The van der Waals surface area contributed by atoms with Crippen molar-refractivity contribution in [1.82, 2.24) is 19.8 Å². The van der Waals surface area contributed by atoms with Gasteiger partial charge in [-0.25, -0.2) is 4.98 Å². The molecule has 4 rings (SSSR count). The first-order valence-electron chi connectivity index (χ1n) is 9.28. The number of carbonyl (C=O) groups is 3. The number of H-pyrrole nitrogens is 1. The molecule has 1 fully saturated rings. The lowest BCUT2D eigenvalue weighted by Crippen LogP contribution is -2.49. The zero-order valence-corrected chi connectivity index (χ0v) is 16.6. The van der Waals surface area contributed by atoms with E-state index in [-0.39, 0.29) is 34.3 Å². The number of hydrogen-bond acceptors (Lipinski definition) is 6. The van der Waals surface area contributed by atoms with Crippen LogP contribution in [0, 0.1) is 0 Å². The Morgan fingerprint density at radius 1 is 1.31 bits per heavy atom. The molecule has 2 aromatic rings. The van der Waals surface area contributed by atoms with E-state index in [2.05, 4.69) is 14.9 Å². The van der Waals surface area contributed by atoms with Gasteiger partial charge in [0.1, 0.15) is 5.82 Å². The number of nitrogens with one attached hydrogen (secondary N) is 1. The molecule has 29 heavy (non-hydrogen) atoms. The number of carbonyl (C=O) groups excluding carboxylic acids is 3. The molecule has 2 aliphatic heterocycles. The lowest BCUT2D eigenvalue weighted by atomic mass is 10.0. The molecule has 1 aromatic heterocycles. The molecule has 8 nitrogen and oxygen atoms in total. The Morgan fingerprint density at radius 3 is 2.69 bits per heavy atom. The van der Waals surface area contributed by atoms with Crippen molar-refractivity contribution in [3.05, 3.63) is 46.4 Å². The molecule has 150 valence electrons. The molecular weight excluding hydrogens is 394 g/mol. The summed E-state index contributed by atoms with van der Waals surface area (Å²) in [5.74, 6) is -0.349. The van der Waals surface area contributed by atoms with E-state index in [0.29, 0.717) is 35.0 Å². The number of fused-ring (bicyclic) bond motifs is 2. The van der Waals surface area contributed by atoms with Crippen LogP contribution in [0.5, 0.6) is 0 Å². The average Bonchev–Trinajstić information content (AvgIpc) is 3.20. The molecule has 2 amide bonds. The van der Waals surface area contributed by atoms with E-state index >= 15 is 0 Å². The van der Waals surface area contributed by atoms with Gasteiger partial charge in [0.05, 0.1) is 38.8 Å². The highest BCUT2D eigenvalue weighted by Gasteiger charge is 2.41. The number of hydrogen-bond donors (Lipinski definition) is 2. The Balaban J connectivity index is 1.74. The normalized spacial score (nSPS) is 21.2. The van der Waals surface area contributed by atoms with Crippen LogP contribution >= 0.6 is 11.6 Å². The number of benzene rings is 1. The van der Waals surface area contributed by atoms with Gasteiger partial charge in [0, 0.05) is 6.54 Å². The fourth-order valence-corrected chi connectivity index (χ4v) is 4.18. The minimum Gasteiger partial charge on any atom is -0.405 e. The second kappa shape index (κ2) is 7.46. The van der Waals surface area contributed by atoms with Gasteiger partial charge in [-0.15, -0.1) is 0 Å². The van der Waals surface area contributed by atoms with Crippen LogP contribution in [0.15, 0.2) is 29.4 Å². The van der Waals surface area contributed by atoms with E-state index in [1.54, 1.807) is 12.1 Å². The van der Waals surface area contributed by atoms with E-state index < -0.39 is 0 Å². The topological polar surface area (TPSA) is 112 Å². The molecule has 0 radical (unpaired) electrons. The molecule has 0 spiro atoms. The molecule has 0 bridgehead atoms. The van der Waals surface area contributed by atoms with Gasteiger partial charge in [-0.1, -0.05) is 11.6 Å². The number of piperidine rings is 1. The number of rotatable bonds is 4. The Labute approximate surface area is 172 Å². The average molecular weight is 414 g/mol. The second-order valence-corrected chi connectivity index (χ2v) is 7.68. The summed E-state index contributed by atoms with van der Waals surface area (Å²) in [5.41, 5.74) is 7.15. The Morgan fingerprint density at radius 2 is 2.03 bits per heavy atom. The quantitative estimate of drug-likeness (QED) is 0.342. The third kappa shape index (κ3) is 3.24. The molecular formula is C20H20ClN5O3. The van der Waals surface area contributed by atoms with E-state index in [4.69, 9.17) is 17.3 Å². The van der Waals surface area contributed by atoms with E-state index in [1.807, 2.05) is 7.05 Å². The first-order chi connectivity index (χ1) is 13.9. The molecule has 1 saturated heterocycles. The van der Waals surface area contributed by atoms with Crippen LogP contribution in [0.1, 0.15) is 39.4 Å². The van der Waals surface area contributed by atoms with Crippen LogP contribution < -0.4 is 5.73 Å². The zero-order valence-electron chi connectivity index (χ0n) is 15.8. The standard InChI is InChI=1S/C20H20ClN5O3/c1-25-6-2-3-11(9-25)26-19(28)12-7-16-17(8-13(12)20(26)29)24-18(23-16)14(10-27)15(21)4-5-22/h4-5,7-8,10-11H,2-3,6,9,22H2,1H3,(H,23,24)/b5-4-,15-14-. The van der Waals surface area contributed by atoms with Crippen molar-refractivity contribution >= 4 is 46.3 Å². The van der Waals surface area contributed by atoms with Crippen LogP contribution in [0.3, 0.4) is 0 Å². The molecule has 1 atom stereocenters. The first kappa shape index (κ1) is 19.4. The highest BCUT2D eigenvalue weighted by molar-refractivity contribution is 6.38. The number of likely N-dealkylation sites (N-methyl/N-ethyl adjacent to an activating group) is 1. The summed E-state index contributed by atoms with van der Waals surface area (Å²) in [6, 6.07) is 3.07. The van der Waals surface area contributed by atoms with Crippen molar-refractivity contribution in [2.75, 3.05) is 20.1 Å². The molecule has 2 aliphatic rings. The van der Waals surface area contributed by atoms with Gasteiger partial charge in [0.15, 0.2) is 6.29 Å². The predicted octanol–water partition coefficient (Wildman–Crippen LogP) is 1.87. The molecule has 9 heteroatoms. The number of allylic oxidation sites excluding steroid dienone is 3. The van der Waals surface area contributed by atoms with Crippen LogP contribution in [-0.2, 0) is 4.79 Å². The minimum absolute atomic E-state index is 0.130. The van der Waals surface area contributed by atoms with Gasteiger partial charge in [0.2, 0.25) is 0 Å². The number of imidazole rings is 1. The largest absolute Gasteiger partial charge is 0.405 e. The van der Waals surface area contributed by atoms with Crippen LogP contribution in [0.4, 0.5) is 0 Å². The van der Waals surface area contributed by atoms with Crippen molar-refractivity contribution in [1.29, 1.82) is 0 Å². The van der Waals surface area contributed by atoms with Crippen LogP contribution in [0.2, 0.25) is 0 Å². The number of halogens is 1. The molecule has 0 saturated carbocycles. The fourth-order valence-electron chi connectivity index (χ4n) is 3.97. The van der Waals surface area contributed by atoms with Crippen LogP contribution in [0.25, 0.3) is 16.6 Å². The van der Waals surface area contributed by atoms with Gasteiger partial charge in [0.25, 0.3) is 11.8 Å². The van der Waals surface area contributed by atoms with E-state index in [0.717, 1.165) is 19.4 Å². The first-order valence-corrected chi connectivity index (χ1v) is 9.66. The van der Waals surface area contributed by atoms with Gasteiger partial charge in [-0.3, -0.25) is 19.3 Å². The highest BCUT2D eigenvalue weighted by atomic mass is 35.5. The number of imide groups is 1. The minimum atomic E-state index is -0.299. The third-order valence-corrected chi connectivity index (χ3v) is 5.69. The Hall–Kier alpha value is -2.97. The van der Waals surface area contributed by atoms with Gasteiger partial charge < -0.3 is 15.6 Å². The smallest absolute Gasteiger partial charge is 0.261 e. The molecule has 1 unspecified atom stereocenters. The molecule has 1 aromatic carbocycles. The molecule has 3 N–H and O–H groups in total.